The van der Waals surface area contributed by atoms with Crippen LogP contribution in [-0.4, -0.2) is 19.3 Å². The van der Waals surface area contributed by atoms with Gasteiger partial charge in [-0.1, -0.05) is 40.5 Å². The van der Waals surface area contributed by atoms with Crippen molar-refractivity contribution < 1.29 is 4.74 Å². The van der Waals surface area contributed by atoms with Crippen molar-refractivity contribution in [3.8, 4) is 0 Å². The van der Waals surface area contributed by atoms with E-state index in [9.17, 15) is 0 Å². The van der Waals surface area contributed by atoms with Gasteiger partial charge < -0.3 is 10.1 Å². The number of halogens is 1. The number of rotatable bonds is 6. The van der Waals surface area contributed by atoms with Crippen LogP contribution in [0.1, 0.15) is 49.8 Å². The van der Waals surface area contributed by atoms with Crippen molar-refractivity contribution in [1.29, 1.82) is 0 Å². The molecular weight excluding hydrogens is 302 g/mol. The van der Waals surface area contributed by atoms with Gasteiger partial charge in [-0.3, -0.25) is 0 Å². The number of hydrogen-bond donors (Lipinski definition) is 1. The predicted molar refractivity (Wildman–Crippen MR) is 83.5 cm³/mol. The van der Waals surface area contributed by atoms with Crippen molar-refractivity contribution in [3.05, 3.63) is 33.8 Å². The van der Waals surface area contributed by atoms with Crippen molar-refractivity contribution in [2.45, 2.75) is 51.7 Å². The normalized spacial score (nSPS) is 20.7. The Morgan fingerprint density at radius 2 is 2.32 bits per heavy atom. The fourth-order valence-corrected chi connectivity index (χ4v) is 3.29. The third-order valence-corrected chi connectivity index (χ3v) is 4.50. The molecule has 1 N–H and O–H groups in total. The van der Waals surface area contributed by atoms with Gasteiger partial charge in [-0.25, -0.2) is 0 Å². The molecule has 3 heteroatoms. The summed E-state index contributed by atoms with van der Waals surface area (Å²) in [6, 6.07) is 7.01. The number of aryl methyl sites for hydroxylation is 1. The standard InChI is InChI=1S/C16H24BrNO/c1-3-18-16(9-7-13-5-4-10-19-13)14-11-12(2)6-8-15(14)17/h6,8,11,13,16,18H,3-5,7,9-10H2,1-2H3. The molecule has 106 valence electrons. The summed E-state index contributed by atoms with van der Waals surface area (Å²) in [7, 11) is 0. The zero-order valence-corrected chi connectivity index (χ0v) is 13.5. The van der Waals surface area contributed by atoms with Gasteiger partial charge >= 0.3 is 0 Å². The van der Waals surface area contributed by atoms with Crippen molar-refractivity contribution >= 4 is 15.9 Å². The third kappa shape index (κ3) is 4.30. The smallest absolute Gasteiger partial charge is 0.0576 e. The number of nitrogens with one attached hydrogen (secondary N) is 1. The molecule has 2 atom stereocenters. The average Bonchev–Trinajstić information content (AvgIpc) is 2.91. The number of ether oxygens (including phenoxy) is 1. The second-order valence-electron chi connectivity index (χ2n) is 5.35. The first kappa shape index (κ1) is 15.0. The second-order valence-corrected chi connectivity index (χ2v) is 6.20. The molecule has 1 aliphatic heterocycles. The maximum Gasteiger partial charge on any atom is 0.0576 e. The highest BCUT2D eigenvalue weighted by atomic mass is 79.9. The Balaban J connectivity index is 2.03. The van der Waals surface area contributed by atoms with Gasteiger partial charge in [0.2, 0.25) is 0 Å². The highest BCUT2D eigenvalue weighted by Crippen LogP contribution is 2.29. The van der Waals surface area contributed by atoms with Gasteiger partial charge in [0.05, 0.1) is 6.10 Å². The van der Waals surface area contributed by atoms with Crippen LogP contribution in [0, 0.1) is 6.92 Å². The molecule has 2 rings (SSSR count). The Bertz CT molecular complexity index is 402. The van der Waals surface area contributed by atoms with Gasteiger partial charge in [-0.15, -0.1) is 0 Å². The van der Waals surface area contributed by atoms with E-state index in [1.54, 1.807) is 0 Å². The Morgan fingerprint density at radius 3 is 3.00 bits per heavy atom. The summed E-state index contributed by atoms with van der Waals surface area (Å²) >= 11 is 3.68. The zero-order chi connectivity index (χ0) is 13.7. The lowest BCUT2D eigenvalue weighted by atomic mass is 9.98. The molecule has 1 aromatic rings. The topological polar surface area (TPSA) is 21.3 Å². The van der Waals surface area contributed by atoms with Crippen LogP contribution in [0.4, 0.5) is 0 Å². The minimum atomic E-state index is 0.420. The van der Waals surface area contributed by atoms with Crippen LogP contribution >= 0.6 is 15.9 Å². The monoisotopic (exact) mass is 325 g/mol. The average molecular weight is 326 g/mol. The van der Waals surface area contributed by atoms with Crippen molar-refractivity contribution in [3.63, 3.8) is 0 Å². The van der Waals surface area contributed by atoms with Crippen molar-refractivity contribution in [2.24, 2.45) is 0 Å². The van der Waals surface area contributed by atoms with Crippen LogP contribution in [0.5, 0.6) is 0 Å². The van der Waals surface area contributed by atoms with Crippen LogP contribution in [0.15, 0.2) is 22.7 Å². The molecule has 2 nitrogen and oxygen atoms in total. The lowest BCUT2D eigenvalue weighted by molar-refractivity contribution is 0.0996. The van der Waals surface area contributed by atoms with Gasteiger partial charge in [0, 0.05) is 17.1 Å². The molecule has 0 bridgehead atoms. The maximum atomic E-state index is 5.73. The molecule has 0 saturated carbocycles. The van der Waals surface area contributed by atoms with Crippen LogP contribution in [0.2, 0.25) is 0 Å². The van der Waals surface area contributed by atoms with Crippen molar-refractivity contribution in [1.82, 2.24) is 5.32 Å². The van der Waals surface area contributed by atoms with E-state index >= 15 is 0 Å². The van der Waals surface area contributed by atoms with Crippen LogP contribution in [-0.2, 0) is 4.74 Å². The predicted octanol–water partition coefficient (Wildman–Crippen LogP) is 4.37. The molecule has 0 amide bonds. The van der Waals surface area contributed by atoms with Crippen molar-refractivity contribution in [2.75, 3.05) is 13.2 Å². The van der Waals surface area contributed by atoms with Gasteiger partial charge in [0.1, 0.15) is 0 Å². The summed E-state index contributed by atoms with van der Waals surface area (Å²) in [5.41, 5.74) is 2.69. The van der Waals surface area contributed by atoms with E-state index in [2.05, 4.69) is 53.3 Å². The number of hydrogen-bond acceptors (Lipinski definition) is 2. The van der Waals surface area contributed by atoms with Gasteiger partial charge in [0.25, 0.3) is 0 Å². The molecule has 1 aliphatic rings. The summed E-state index contributed by atoms with van der Waals surface area (Å²) in [5.74, 6) is 0. The highest BCUT2D eigenvalue weighted by Gasteiger charge is 2.19. The molecule has 1 aromatic carbocycles. The molecule has 0 radical (unpaired) electrons. The highest BCUT2D eigenvalue weighted by molar-refractivity contribution is 9.10. The first-order chi connectivity index (χ1) is 9.20. The Morgan fingerprint density at radius 1 is 1.47 bits per heavy atom. The third-order valence-electron chi connectivity index (χ3n) is 3.78. The summed E-state index contributed by atoms with van der Waals surface area (Å²) in [4.78, 5) is 0. The molecule has 0 aliphatic carbocycles. The van der Waals surface area contributed by atoms with Crippen LogP contribution in [0.25, 0.3) is 0 Å². The molecule has 1 saturated heterocycles. The number of benzene rings is 1. The largest absolute Gasteiger partial charge is 0.378 e. The Hall–Kier alpha value is -0.380. The minimum absolute atomic E-state index is 0.420. The molecule has 2 unspecified atom stereocenters. The lowest BCUT2D eigenvalue weighted by Crippen LogP contribution is -2.23. The molecular formula is C16H24BrNO. The molecule has 1 heterocycles. The summed E-state index contributed by atoms with van der Waals surface area (Å²) in [5, 5.41) is 3.61. The van der Waals surface area contributed by atoms with E-state index in [0.29, 0.717) is 12.1 Å². The fourth-order valence-electron chi connectivity index (χ4n) is 2.77. The summed E-state index contributed by atoms with van der Waals surface area (Å²) in [6.07, 6.45) is 5.22. The second kappa shape index (κ2) is 7.41. The quantitative estimate of drug-likeness (QED) is 0.838. The minimum Gasteiger partial charge on any atom is -0.378 e. The van der Waals surface area contributed by atoms with E-state index in [1.165, 1.54) is 28.4 Å². The Kier molecular flexibility index (Phi) is 5.86. The van der Waals surface area contributed by atoms with E-state index in [4.69, 9.17) is 4.74 Å². The van der Waals surface area contributed by atoms with Gasteiger partial charge in [-0.05, 0) is 50.8 Å². The SMILES string of the molecule is CCNC(CCC1CCCO1)c1cc(C)ccc1Br. The first-order valence-corrected chi connectivity index (χ1v) is 8.11. The van der Waals surface area contributed by atoms with Gasteiger partial charge in [0.15, 0.2) is 0 Å². The van der Waals surface area contributed by atoms with Gasteiger partial charge in [-0.2, -0.15) is 0 Å². The van der Waals surface area contributed by atoms with E-state index in [1.807, 2.05) is 0 Å². The van der Waals surface area contributed by atoms with Crippen LogP contribution in [0.3, 0.4) is 0 Å². The summed E-state index contributed by atoms with van der Waals surface area (Å²) < 4.78 is 6.94. The molecule has 19 heavy (non-hydrogen) atoms. The van der Waals surface area contributed by atoms with E-state index < -0.39 is 0 Å². The van der Waals surface area contributed by atoms with E-state index in [-0.39, 0.29) is 0 Å². The molecule has 1 fully saturated rings. The molecule has 0 aromatic heterocycles. The maximum absolute atomic E-state index is 5.73. The zero-order valence-electron chi connectivity index (χ0n) is 11.9. The first-order valence-electron chi connectivity index (χ1n) is 7.31. The molecule has 0 spiro atoms. The lowest BCUT2D eigenvalue weighted by Gasteiger charge is -2.21. The summed E-state index contributed by atoms with van der Waals surface area (Å²) in [6.45, 7) is 6.27. The Labute approximate surface area is 125 Å². The van der Waals surface area contributed by atoms with E-state index in [0.717, 1.165) is 26.0 Å². The fraction of sp³-hybridized carbons (Fsp3) is 0.625. The van der Waals surface area contributed by atoms with Crippen LogP contribution < -0.4 is 5.32 Å².